The number of para-hydroxylation sites is 1. The second-order valence-corrected chi connectivity index (χ2v) is 7.01. The molecule has 7 nitrogen and oxygen atoms in total. The summed E-state index contributed by atoms with van der Waals surface area (Å²) in [7, 11) is 0. The van der Waals surface area contributed by atoms with Crippen LogP contribution in [0.4, 0.5) is 10.1 Å². The number of nitrogens with one attached hydrogen (secondary N) is 2. The van der Waals surface area contributed by atoms with E-state index < -0.39 is 23.5 Å². The molecule has 2 aromatic carbocycles. The zero-order chi connectivity index (χ0) is 20.8. The van der Waals surface area contributed by atoms with Crippen LogP contribution < -0.4 is 16.4 Å². The van der Waals surface area contributed by atoms with Gasteiger partial charge in [-0.1, -0.05) is 24.3 Å². The van der Waals surface area contributed by atoms with Gasteiger partial charge < -0.3 is 16.4 Å². The molecule has 1 heterocycles. The summed E-state index contributed by atoms with van der Waals surface area (Å²) in [5, 5.41) is 5.62. The highest BCUT2D eigenvalue weighted by atomic mass is 32.1. The van der Waals surface area contributed by atoms with Crippen molar-refractivity contribution in [2.75, 3.05) is 11.9 Å². The smallest absolute Gasteiger partial charge is 0.267 e. The predicted octanol–water partition coefficient (Wildman–Crippen LogP) is 2.81. The number of anilines is 1. The fourth-order valence-corrected chi connectivity index (χ4v) is 3.35. The molecule has 1 aromatic heterocycles. The second-order valence-electron chi connectivity index (χ2n) is 5.98. The van der Waals surface area contributed by atoms with Crippen LogP contribution in [0.5, 0.6) is 0 Å². The van der Waals surface area contributed by atoms with Crippen molar-refractivity contribution in [1.29, 1.82) is 0 Å². The maximum absolute atomic E-state index is 13.9. The molecular weight excluding hydrogens is 395 g/mol. The van der Waals surface area contributed by atoms with E-state index in [1.807, 2.05) is 0 Å². The van der Waals surface area contributed by atoms with Crippen LogP contribution in [0.2, 0.25) is 0 Å². The molecule has 0 saturated heterocycles. The topological polar surface area (TPSA) is 114 Å². The number of primary amides is 1. The van der Waals surface area contributed by atoms with Gasteiger partial charge in [-0.25, -0.2) is 9.37 Å². The first-order chi connectivity index (χ1) is 14.0. The third-order valence-electron chi connectivity index (χ3n) is 3.91. The Hall–Kier alpha value is -3.59. The highest BCUT2D eigenvalue weighted by Gasteiger charge is 2.17. The summed E-state index contributed by atoms with van der Waals surface area (Å²) in [5.74, 6) is -1.87. The number of carbonyl (C=O) groups is 3. The number of hydrogen-bond acceptors (Lipinski definition) is 5. The summed E-state index contributed by atoms with van der Waals surface area (Å²) in [6.45, 7) is 0.0945. The van der Waals surface area contributed by atoms with Crippen molar-refractivity contribution in [1.82, 2.24) is 10.3 Å². The van der Waals surface area contributed by atoms with Gasteiger partial charge in [0.2, 0.25) is 5.91 Å². The van der Waals surface area contributed by atoms with Crippen LogP contribution in [0.1, 0.15) is 26.5 Å². The number of thiazole rings is 1. The quantitative estimate of drug-likeness (QED) is 0.554. The molecule has 3 aromatic rings. The van der Waals surface area contributed by atoms with E-state index in [-0.39, 0.29) is 23.4 Å². The van der Waals surface area contributed by atoms with Gasteiger partial charge in [-0.3, -0.25) is 14.4 Å². The summed E-state index contributed by atoms with van der Waals surface area (Å²) in [6, 6.07) is 12.6. The van der Waals surface area contributed by atoms with Crippen LogP contribution in [0.25, 0.3) is 10.6 Å². The van der Waals surface area contributed by atoms with E-state index in [9.17, 15) is 18.8 Å². The van der Waals surface area contributed by atoms with E-state index in [4.69, 9.17) is 5.73 Å². The molecule has 3 rings (SSSR count). The lowest BCUT2D eigenvalue weighted by atomic mass is 10.1. The molecule has 9 heteroatoms. The highest BCUT2D eigenvalue weighted by Crippen LogP contribution is 2.28. The maximum atomic E-state index is 13.9. The van der Waals surface area contributed by atoms with Gasteiger partial charge in [0.05, 0.1) is 17.4 Å². The first kappa shape index (κ1) is 20.2. The first-order valence-corrected chi connectivity index (χ1v) is 9.45. The Kier molecular flexibility index (Phi) is 6.30. The van der Waals surface area contributed by atoms with Crippen molar-refractivity contribution in [3.63, 3.8) is 0 Å². The Morgan fingerprint density at radius 1 is 1.03 bits per heavy atom. The first-order valence-electron chi connectivity index (χ1n) is 8.63. The standard InChI is InChI=1S/C20H17FN4O3S/c21-14-7-3-1-5-12(14)20-24-11-16(29-20)19(28)25-15-8-4-2-6-13(15)18(27)23-10-9-17(22)26/h1-8,11H,9-10H2,(H2,22,26)(H,23,27)(H,25,28). The molecule has 0 radical (unpaired) electrons. The molecule has 0 bridgehead atoms. The lowest BCUT2D eigenvalue weighted by molar-refractivity contribution is -0.117. The average Bonchev–Trinajstić information content (AvgIpc) is 3.18. The largest absolute Gasteiger partial charge is 0.370 e. The van der Waals surface area contributed by atoms with E-state index in [2.05, 4.69) is 15.6 Å². The number of hydrogen-bond donors (Lipinski definition) is 3. The minimum atomic E-state index is -0.525. The molecule has 0 atom stereocenters. The van der Waals surface area contributed by atoms with Crippen molar-refractivity contribution in [2.45, 2.75) is 6.42 Å². The van der Waals surface area contributed by atoms with Crippen LogP contribution in [0, 0.1) is 5.82 Å². The van der Waals surface area contributed by atoms with Crippen LogP contribution in [0.15, 0.2) is 54.7 Å². The average molecular weight is 412 g/mol. The zero-order valence-electron chi connectivity index (χ0n) is 15.1. The van der Waals surface area contributed by atoms with Crippen molar-refractivity contribution in [2.24, 2.45) is 5.73 Å². The molecule has 0 aliphatic carbocycles. The third kappa shape index (κ3) is 5.02. The van der Waals surface area contributed by atoms with Crippen LogP contribution in [-0.2, 0) is 4.79 Å². The Morgan fingerprint density at radius 2 is 1.76 bits per heavy atom. The predicted molar refractivity (Wildman–Crippen MR) is 108 cm³/mol. The summed E-state index contributed by atoms with van der Waals surface area (Å²) in [4.78, 5) is 40.1. The van der Waals surface area contributed by atoms with Crippen molar-refractivity contribution >= 4 is 34.7 Å². The molecule has 3 amide bonds. The fraction of sp³-hybridized carbons (Fsp3) is 0.100. The number of amides is 3. The maximum Gasteiger partial charge on any atom is 0.267 e. The van der Waals surface area contributed by atoms with Crippen molar-refractivity contribution in [3.8, 4) is 10.6 Å². The van der Waals surface area contributed by atoms with Crippen LogP contribution in [0.3, 0.4) is 0 Å². The van der Waals surface area contributed by atoms with Gasteiger partial charge in [0.25, 0.3) is 11.8 Å². The lowest BCUT2D eigenvalue weighted by Crippen LogP contribution is -2.28. The Balaban J connectivity index is 1.74. The minimum absolute atomic E-state index is 0.0138. The van der Waals surface area contributed by atoms with Gasteiger partial charge >= 0.3 is 0 Å². The van der Waals surface area contributed by atoms with Crippen molar-refractivity contribution in [3.05, 3.63) is 71.0 Å². The third-order valence-corrected chi connectivity index (χ3v) is 4.94. The Morgan fingerprint density at radius 3 is 2.52 bits per heavy atom. The molecule has 0 saturated carbocycles. The number of nitrogens with zero attached hydrogens (tertiary/aromatic N) is 1. The van der Waals surface area contributed by atoms with Gasteiger partial charge in [-0.2, -0.15) is 0 Å². The zero-order valence-corrected chi connectivity index (χ0v) is 16.0. The summed E-state index contributed by atoms with van der Waals surface area (Å²) < 4.78 is 13.9. The van der Waals surface area contributed by atoms with Gasteiger partial charge in [-0.05, 0) is 24.3 Å². The SMILES string of the molecule is NC(=O)CCNC(=O)c1ccccc1NC(=O)c1cnc(-c2ccccc2F)s1. The normalized spacial score (nSPS) is 10.4. The number of benzene rings is 2. The van der Waals surface area contributed by atoms with Crippen LogP contribution in [-0.4, -0.2) is 29.3 Å². The molecule has 0 aliphatic heterocycles. The summed E-state index contributed by atoms with van der Waals surface area (Å²) in [5.41, 5.74) is 5.91. The van der Waals surface area contributed by atoms with Gasteiger partial charge in [0, 0.05) is 18.5 Å². The number of aromatic nitrogens is 1. The van der Waals surface area contributed by atoms with Crippen LogP contribution >= 0.6 is 11.3 Å². The second kappa shape index (κ2) is 9.07. The molecule has 0 aliphatic rings. The van der Waals surface area contributed by atoms with E-state index >= 15 is 0 Å². The summed E-state index contributed by atoms with van der Waals surface area (Å²) >= 11 is 1.04. The fourth-order valence-electron chi connectivity index (χ4n) is 2.51. The number of nitrogens with two attached hydrogens (primary N) is 1. The van der Waals surface area contributed by atoms with Gasteiger partial charge in [-0.15, -0.1) is 11.3 Å². The van der Waals surface area contributed by atoms with E-state index in [0.29, 0.717) is 16.3 Å². The molecule has 148 valence electrons. The molecule has 4 N–H and O–H groups in total. The summed E-state index contributed by atoms with van der Waals surface area (Å²) in [6.07, 6.45) is 1.37. The van der Waals surface area contributed by atoms with E-state index in [1.54, 1.807) is 42.5 Å². The molecular formula is C20H17FN4O3S. The number of rotatable bonds is 7. The molecule has 29 heavy (non-hydrogen) atoms. The Bertz CT molecular complexity index is 1070. The molecule has 0 unspecified atom stereocenters. The monoisotopic (exact) mass is 412 g/mol. The van der Waals surface area contributed by atoms with Crippen molar-refractivity contribution < 1.29 is 18.8 Å². The number of carbonyl (C=O) groups excluding carboxylic acids is 3. The van der Waals surface area contributed by atoms with Gasteiger partial charge in [0.1, 0.15) is 15.7 Å². The molecule has 0 fully saturated rings. The minimum Gasteiger partial charge on any atom is -0.370 e. The lowest BCUT2D eigenvalue weighted by Gasteiger charge is -2.10. The molecule has 0 spiro atoms. The van der Waals surface area contributed by atoms with E-state index in [1.165, 1.54) is 12.3 Å². The highest BCUT2D eigenvalue weighted by molar-refractivity contribution is 7.17. The Labute approximate surface area is 169 Å². The number of halogens is 1. The van der Waals surface area contributed by atoms with E-state index in [0.717, 1.165) is 11.3 Å². The van der Waals surface area contributed by atoms with Gasteiger partial charge in [0.15, 0.2) is 0 Å².